The summed E-state index contributed by atoms with van der Waals surface area (Å²) in [6.07, 6.45) is -6.04. The van der Waals surface area contributed by atoms with Crippen molar-refractivity contribution in [2.45, 2.75) is 32.7 Å². The van der Waals surface area contributed by atoms with E-state index in [2.05, 4.69) is 20.7 Å². The minimum Gasteiger partial charge on any atom is -0.486 e. The van der Waals surface area contributed by atoms with Crippen LogP contribution >= 0.6 is 15.9 Å². The van der Waals surface area contributed by atoms with Crippen LogP contribution in [-0.4, -0.2) is 25.2 Å². The fourth-order valence-electron chi connectivity index (χ4n) is 1.83. The average Bonchev–Trinajstić information content (AvgIpc) is 2.34. The van der Waals surface area contributed by atoms with E-state index in [4.69, 9.17) is 15.2 Å². The topological polar surface area (TPSA) is 70.8 Å². The SMILES string of the molecule is CC(C)C[C@@H](COc1ccc(Br)cc1OC(F)(F)F)OC(N)=O. The first-order chi connectivity index (χ1) is 10.6. The predicted molar refractivity (Wildman–Crippen MR) is 80.2 cm³/mol. The number of amides is 1. The van der Waals surface area contributed by atoms with Gasteiger partial charge in [-0.05, 0) is 30.5 Å². The van der Waals surface area contributed by atoms with Crippen molar-refractivity contribution in [2.75, 3.05) is 6.61 Å². The smallest absolute Gasteiger partial charge is 0.486 e. The fraction of sp³-hybridized carbons (Fsp3) is 0.500. The lowest BCUT2D eigenvalue weighted by Gasteiger charge is -2.20. The van der Waals surface area contributed by atoms with E-state index in [0.717, 1.165) is 6.07 Å². The van der Waals surface area contributed by atoms with E-state index in [0.29, 0.717) is 10.9 Å². The molecule has 0 radical (unpaired) electrons. The number of hydrogen-bond donors (Lipinski definition) is 1. The molecule has 0 aliphatic carbocycles. The zero-order valence-electron chi connectivity index (χ0n) is 12.5. The largest absolute Gasteiger partial charge is 0.573 e. The van der Waals surface area contributed by atoms with Gasteiger partial charge >= 0.3 is 12.5 Å². The Hall–Kier alpha value is -1.64. The van der Waals surface area contributed by atoms with Crippen LogP contribution in [0.15, 0.2) is 22.7 Å². The van der Waals surface area contributed by atoms with Crippen molar-refractivity contribution in [2.24, 2.45) is 11.7 Å². The van der Waals surface area contributed by atoms with E-state index in [1.54, 1.807) is 0 Å². The standard InChI is InChI=1S/C14H17BrF3NO4/c1-8(2)5-10(22-13(19)20)7-21-11-4-3-9(15)6-12(11)23-14(16,17)18/h3-4,6,8,10H,5,7H2,1-2H3,(H2,19,20)/t10-/m0/s1. The summed E-state index contributed by atoms with van der Waals surface area (Å²) in [4.78, 5) is 10.9. The number of alkyl halides is 3. The van der Waals surface area contributed by atoms with Crippen LogP contribution in [0.2, 0.25) is 0 Å². The Kier molecular flexibility index (Phi) is 6.99. The molecule has 1 amide bonds. The van der Waals surface area contributed by atoms with E-state index in [1.807, 2.05) is 13.8 Å². The molecule has 9 heteroatoms. The molecule has 1 rings (SSSR count). The number of halogens is 4. The zero-order chi connectivity index (χ0) is 17.6. The second-order valence-corrected chi connectivity index (χ2v) is 6.05. The van der Waals surface area contributed by atoms with Crippen molar-refractivity contribution in [3.63, 3.8) is 0 Å². The number of benzene rings is 1. The average molecular weight is 400 g/mol. The Bertz CT molecular complexity index is 537. The molecule has 0 spiro atoms. The normalized spacial score (nSPS) is 12.8. The van der Waals surface area contributed by atoms with Gasteiger partial charge in [-0.1, -0.05) is 29.8 Å². The molecule has 1 atom stereocenters. The monoisotopic (exact) mass is 399 g/mol. The molecule has 0 saturated heterocycles. The number of carbonyl (C=O) groups excluding carboxylic acids is 1. The first-order valence-electron chi connectivity index (χ1n) is 6.71. The third-order valence-corrected chi connectivity index (χ3v) is 3.07. The van der Waals surface area contributed by atoms with Gasteiger partial charge in [0.15, 0.2) is 11.5 Å². The lowest BCUT2D eigenvalue weighted by atomic mass is 10.1. The molecule has 0 aromatic heterocycles. The van der Waals surface area contributed by atoms with Crippen molar-refractivity contribution in [1.29, 1.82) is 0 Å². The van der Waals surface area contributed by atoms with Gasteiger partial charge < -0.3 is 19.9 Å². The van der Waals surface area contributed by atoms with Gasteiger partial charge in [-0.15, -0.1) is 13.2 Å². The third kappa shape index (κ3) is 7.96. The van der Waals surface area contributed by atoms with E-state index >= 15 is 0 Å². The number of nitrogens with two attached hydrogens (primary N) is 1. The molecule has 0 aliphatic rings. The highest BCUT2D eigenvalue weighted by Crippen LogP contribution is 2.34. The number of hydrogen-bond acceptors (Lipinski definition) is 4. The van der Waals surface area contributed by atoms with E-state index < -0.39 is 24.3 Å². The predicted octanol–water partition coefficient (Wildman–Crippen LogP) is 4.24. The minimum atomic E-state index is -4.85. The maximum Gasteiger partial charge on any atom is 0.573 e. The molecular weight excluding hydrogens is 383 g/mol. The quantitative estimate of drug-likeness (QED) is 0.744. The van der Waals surface area contributed by atoms with E-state index in [9.17, 15) is 18.0 Å². The molecule has 130 valence electrons. The van der Waals surface area contributed by atoms with Crippen LogP contribution in [0, 0.1) is 5.92 Å². The summed E-state index contributed by atoms with van der Waals surface area (Å²) in [6, 6.07) is 3.96. The molecule has 1 aromatic rings. The summed E-state index contributed by atoms with van der Waals surface area (Å²) >= 11 is 3.06. The van der Waals surface area contributed by atoms with Crippen molar-refractivity contribution in [1.82, 2.24) is 0 Å². The van der Waals surface area contributed by atoms with Crippen molar-refractivity contribution in [3.05, 3.63) is 22.7 Å². The third-order valence-electron chi connectivity index (χ3n) is 2.57. The number of primary amides is 1. The van der Waals surface area contributed by atoms with Crippen LogP contribution in [0.25, 0.3) is 0 Å². The summed E-state index contributed by atoms with van der Waals surface area (Å²) in [5.41, 5.74) is 4.97. The highest BCUT2D eigenvalue weighted by atomic mass is 79.9. The molecule has 0 fully saturated rings. The number of carbonyl (C=O) groups is 1. The molecule has 0 heterocycles. The molecule has 0 unspecified atom stereocenters. The molecule has 0 bridgehead atoms. The zero-order valence-corrected chi connectivity index (χ0v) is 14.1. The van der Waals surface area contributed by atoms with E-state index in [1.165, 1.54) is 12.1 Å². The highest BCUT2D eigenvalue weighted by Gasteiger charge is 2.32. The van der Waals surface area contributed by atoms with Gasteiger partial charge in [-0.25, -0.2) is 4.79 Å². The number of rotatable bonds is 7. The van der Waals surface area contributed by atoms with Crippen LogP contribution in [0.1, 0.15) is 20.3 Å². The maximum atomic E-state index is 12.4. The Balaban J connectivity index is 2.83. The second kappa shape index (κ2) is 8.28. The van der Waals surface area contributed by atoms with Gasteiger partial charge in [0.1, 0.15) is 12.7 Å². The summed E-state index contributed by atoms with van der Waals surface area (Å²) in [5.74, 6) is -0.430. The van der Waals surface area contributed by atoms with Gasteiger partial charge in [-0.2, -0.15) is 0 Å². The Morgan fingerprint density at radius 3 is 2.48 bits per heavy atom. The van der Waals surface area contributed by atoms with Crippen molar-refractivity contribution in [3.8, 4) is 11.5 Å². The highest BCUT2D eigenvalue weighted by molar-refractivity contribution is 9.10. The van der Waals surface area contributed by atoms with Crippen LogP contribution in [0.4, 0.5) is 18.0 Å². The van der Waals surface area contributed by atoms with Gasteiger partial charge in [0.05, 0.1) is 0 Å². The number of ether oxygens (including phenoxy) is 3. The van der Waals surface area contributed by atoms with Crippen LogP contribution in [0.3, 0.4) is 0 Å². The Morgan fingerprint density at radius 2 is 1.96 bits per heavy atom. The molecule has 0 aliphatic heterocycles. The van der Waals surface area contributed by atoms with Crippen molar-refractivity contribution < 1.29 is 32.2 Å². The minimum absolute atomic E-state index is 0.118. The van der Waals surface area contributed by atoms with Gasteiger partial charge in [0, 0.05) is 4.47 Å². The molecule has 0 saturated carbocycles. The Labute approximate surface area is 140 Å². The molecule has 2 N–H and O–H groups in total. The fourth-order valence-corrected chi connectivity index (χ4v) is 2.17. The summed E-state index contributed by atoms with van der Waals surface area (Å²) in [6.45, 7) is 3.65. The first-order valence-corrected chi connectivity index (χ1v) is 7.50. The van der Waals surface area contributed by atoms with E-state index in [-0.39, 0.29) is 18.3 Å². The summed E-state index contributed by atoms with van der Waals surface area (Å²) in [5, 5.41) is 0. The van der Waals surface area contributed by atoms with Gasteiger partial charge in [0.25, 0.3) is 0 Å². The van der Waals surface area contributed by atoms with Crippen molar-refractivity contribution >= 4 is 22.0 Å². The first kappa shape index (κ1) is 19.4. The Morgan fingerprint density at radius 1 is 1.30 bits per heavy atom. The molecule has 5 nitrogen and oxygen atoms in total. The van der Waals surface area contributed by atoms with Crippen LogP contribution in [0.5, 0.6) is 11.5 Å². The van der Waals surface area contributed by atoms with Gasteiger partial charge in [-0.3, -0.25) is 0 Å². The molecular formula is C14H17BrF3NO4. The lowest BCUT2D eigenvalue weighted by molar-refractivity contribution is -0.275. The summed E-state index contributed by atoms with van der Waals surface area (Å²) in [7, 11) is 0. The van der Waals surface area contributed by atoms with Gasteiger partial charge in [0.2, 0.25) is 0 Å². The van der Waals surface area contributed by atoms with Crippen LogP contribution in [-0.2, 0) is 4.74 Å². The second-order valence-electron chi connectivity index (χ2n) is 5.14. The molecule has 23 heavy (non-hydrogen) atoms. The van der Waals surface area contributed by atoms with Crippen LogP contribution < -0.4 is 15.2 Å². The maximum absolute atomic E-state index is 12.4. The summed E-state index contributed by atoms with van der Waals surface area (Å²) < 4.78 is 51.8. The molecule has 1 aromatic carbocycles. The lowest BCUT2D eigenvalue weighted by Crippen LogP contribution is -2.29.